The molecule has 0 saturated carbocycles. The molecule has 0 atom stereocenters. The molecule has 2 aromatic carbocycles. The van der Waals surface area contributed by atoms with Crippen LogP contribution in [0.25, 0.3) is 16.5 Å². The number of rotatable bonds is 3. The third-order valence-electron chi connectivity index (χ3n) is 5.28. The van der Waals surface area contributed by atoms with Crippen LogP contribution in [0.15, 0.2) is 48.7 Å². The summed E-state index contributed by atoms with van der Waals surface area (Å²) in [6, 6.07) is 8.76. The average Bonchev–Trinajstić information content (AvgIpc) is 3.01. The van der Waals surface area contributed by atoms with Crippen LogP contribution >= 0.6 is 0 Å². The van der Waals surface area contributed by atoms with Gasteiger partial charge in [0.15, 0.2) is 0 Å². The van der Waals surface area contributed by atoms with Crippen molar-refractivity contribution in [3.8, 4) is 0 Å². The van der Waals surface area contributed by atoms with E-state index in [0.717, 1.165) is 33.5 Å². The Hall–Kier alpha value is -3.82. The number of para-hydroxylation sites is 2. The van der Waals surface area contributed by atoms with E-state index in [0.29, 0.717) is 18.2 Å². The molecular weight excluding hydrogens is 442 g/mol. The monoisotopic (exact) mass is 461 g/mol. The molecule has 0 unspecified atom stereocenters. The van der Waals surface area contributed by atoms with Gasteiger partial charge in [-0.1, -0.05) is 24.3 Å². The van der Waals surface area contributed by atoms with Crippen molar-refractivity contribution in [1.82, 2.24) is 9.88 Å². The van der Waals surface area contributed by atoms with Crippen LogP contribution in [0.3, 0.4) is 0 Å². The van der Waals surface area contributed by atoms with Crippen LogP contribution in [-0.4, -0.2) is 35.0 Å². The van der Waals surface area contributed by atoms with Crippen LogP contribution in [0, 0.1) is 5.82 Å². The molecule has 1 aliphatic heterocycles. The number of hydrogen-bond acceptors (Lipinski definition) is 3. The highest BCUT2D eigenvalue weighted by Gasteiger charge is 2.36. The third-order valence-corrected chi connectivity index (χ3v) is 5.28. The number of hydrogen-bond donors (Lipinski definition) is 2. The zero-order chi connectivity index (χ0) is 23.8. The number of anilines is 1. The van der Waals surface area contributed by atoms with Crippen molar-refractivity contribution in [3.05, 3.63) is 71.3 Å². The molecular formula is C23H19F4N3O3. The van der Waals surface area contributed by atoms with E-state index < -0.39 is 35.2 Å². The molecule has 0 spiro atoms. The Bertz CT molecular complexity index is 1260. The van der Waals surface area contributed by atoms with Crippen molar-refractivity contribution >= 4 is 34.2 Å². The Balaban J connectivity index is 1.73. The first-order valence-electron chi connectivity index (χ1n) is 10.1. The van der Waals surface area contributed by atoms with Gasteiger partial charge in [0, 0.05) is 23.6 Å². The highest BCUT2D eigenvalue weighted by molar-refractivity contribution is 6.18. The normalized spacial score (nSPS) is 13.8. The number of aromatic nitrogens is 1. The minimum atomic E-state index is -4.87. The molecule has 172 valence electrons. The van der Waals surface area contributed by atoms with Crippen LogP contribution in [0.1, 0.15) is 23.7 Å². The van der Waals surface area contributed by atoms with Gasteiger partial charge in [0.1, 0.15) is 5.82 Å². The molecule has 3 aromatic rings. The van der Waals surface area contributed by atoms with Gasteiger partial charge in [0.05, 0.1) is 29.1 Å². The molecule has 0 fully saturated rings. The molecule has 1 aromatic heterocycles. The number of alkyl halides is 3. The molecule has 10 heteroatoms. The van der Waals surface area contributed by atoms with E-state index in [-0.39, 0.29) is 18.7 Å². The fraction of sp³-hybridized carbons (Fsp3) is 0.217. The van der Waals surface area contributed by atoms with Gasteiger partial charge in [0.2, 0.25) is 0 Å². The summed E-state index contributed by atoms with van der Waals surface area (Å²) in [6.45, 7) is 1.75. The number of urea groups is 1. The van der Waals surface area contributed by atoms with Gasteiger partial charge in [0.25, 0.3) is 0 Å². The number of amides is 2. The quantitative estimate of drug-likeness (QED) is 0.410. The van der Waals surface area contributed by atoms with Crippen LogP contribution < -0.4 is 5.32 Å². The van der Waals surface area contributed by atoms with E-state index in [9.17, 15) is 27.2 Å². The second-order valence-corrected chi connectivity index (χ2v) is 7.32. The largest absolute Gasteiger partial charge is 0.462 e. The zero-order valence-corrected chi connectivity index (χ0v) is 17.4. The summed E-state index contributed by atoms with van der Waals surface area (Å²) in [7, 11) is 0. The van der Waals surface area contributed by atoms with Crippen molar-refractivity contribution in [2.45, 2.75) is 19.5 Å². The first-order chi connectivity index (χ1) is 15.7. The standard InChI is InChI=1S/C23H19F4N3O3/c1-2-33-21(31)15-12-30(11-10-14-13-6-3-4-9-18(13)28-19(14)15)22(32)29-20-16(23(25,26)27)7-5-8-17(20)24/h3-9,12,28H,2,10-11H2,1H3,(H,29,32). The van der Waals surface area contributed by atoms with Crippen LogP contribution in [0.2, 0.25) is 0 Å². The highest BCUT2D eigenvalue weighted by Crippen LogP contribution is 2.37. The fourth-order valence-electron chi connectivity index (χ4n) is 3.80. The number of aromatic amines is 1. The van der Waals surface area contributed by atoms with E-state index in [4.69, 9.17) is 4.74 Å². The van der Waals surface area contributed by atoms with Crippen molar-refractivity contribution in [2.75, 3.05) is 18.5 Å². The highest BCUT2D eigenvalue weighted by atomic mass is 19.4. The Labute approximate surface area is 185 Å². The molecule has 6 nitrogen and oxygen atoms in total. The van der Waals surface area contributed by atoms with Gasteiger partial charge in [-0.3, -0.25) is 4.90 Å². The molecule has 0 aliphatic carbocycles. The fourth-order valence-corrected chi connectivity index (χ4v) is 3.80. The summed E-state index contributed by atoms with van der Waals surface area (Å²) in [5.74, 6) is -1.93. The Morgan fingerprint density at radius 1 is 1.15 bits per heavy atom. The molecule has 2 amide bonds. The van der Waals surface area contributed by atoms with Crippen molar-refractivity contribution in [2.24, 2.45) is 0 Å². The lowest BCUT2D eigenvalue weighted by Crippen LogP contribution is -2.33. The van der Waals surface area contributed by atoms with Gasteiger partial charge in [-0.25, -0.2) is 14.0 Å². The summed E-state index contributed by atoms with van der Waals surface area (Å²) < 4.78 is 59.3. The number of esters is 1. The molecule has 0 saturated heterocycles. The smallest absolute Gasteiger partial charge is 0.418 e. The number of fused-ring (bicyclic) bond motifs is 3. The molecule has 2 heterocycles. The summed E-state index contributed by atoms with van der Waals surface area (Å²) >= 11 is 0. The lowest BCUT2D eigenvalue weighted by molar-refractivity contribution is -0.137. The number of H-pyrrole nitrogens is 1. The second kappa shape index (κ2) is 8.61. The van der Waals surface area contributed by atoms with Gasteiger partial charge in [-0.05, 0) is 37.1 Å². The number of benzene rings is 2. The van der Waals surface area contributed by atoms with Crippen LogP contribution in [-0.2, 0) is 22.1 Å². The van der Waals surface area contributed by atoms with E-state index >= 15 is 0 Å². The first-order valence-corrected chi connectivity index (χ1v) is 10.1. The van der Waals surface area contributed by atoms with Crippen LogP contribution in [0.5, 0.6) is 0 Å². The topological polar surface area (TPSA) is 74.4 Å². The maximum Gasteiger partial charge on any atom is 0.418 e. The predicted molar refractivity (Wildman–Crippen MR) is 114 cm³/mol. The summed E-state index contributed by atoms with van der Waals surface area (Å²) in [6.07, 6.45) is -3.36. The molecule has 33 heavy (non-hydrogen) atoms. The first kappa shape index (κ1) is 22.4. The number of carbonyl (C=O) groups excluding carboxylic acids is 2. The van der Waals surface area contributed by atoms with Gasteiger partial charge in [-0.2, -0.15) is 13.2 Å². The van der Waals surface area contributed by atoms with E-state index in [1.807, 2.05) is 29.6 Å². The average molecular weight is 461 g/mol. The van der Waals surface area contributed by atoms with Gasteiger partial charge in [-0.15, -0.1) is 0 Å². The minimum absolute atomic E-state index is 0.0411. The molecule has 0 radical (unpaired) electrons. The zero-order valence-electron chi connectivity index (χ0n) is 17.4. The van der Waals surface area contributed by atoms with Crippen molar-refractivity contribution in [3.63, 3.8) is 0 Å². The number of nitrogens with zero attached hydrogens (tertiary/aromatic N) is 1. The Kier molecular flexibility index (Phi) is 5.84. The van der Waals surface area contributed by atoms with E-state index in [1.165, 1.54) is 6.20 Å². The number of halogens is 4. The molecule has 4 rings (SSSR count). The third kappa shape index (κ3) is 4.28. The molecule has 0 bridgehead atoms. The number of nitrogens with one attached hydrogen (secondary N) is 2. The molecule has 2 N–H and O–H groups in total. The maximum absolute atomic E-state index is 14.2. The van der Waals surface area contributed by atoms with Gasteiger partial charge < -0.3 is 15.0 Å². The number of ether oxygens (including phenoxy) is 1. The maximum atomic E-state index is 14.2. The lowest BCUT2D eigenvalue weighted by Gasteiger charge is -2.20. The Morgan fingerprint density at radius 2 is 1.91 bits per heavy atom. The van der Waals surface area contributed by atoms with Crippen molar-refractivity contribution in [1.29, 1.82) is 0 Å². The summed E-state index contributed by atoms with van der Waals surface area (Å²) in [5, 5.41) is 2.86. The number of carbonyl (C=O) groups is 2. The van der Waals surface area contributed by atoms with Crippen LogP contribution in [0.4, 0.5) is 28.0 Å². The van der Waals surface area contributed by atoms with E-state index in [2.05, 4.69) is 4.98 Å². The minimum Gasteiger partial charge on any atom is -0.462 e. The SMILES string of the molecule is CCOC(=O)C1=CN(C(=O)Nc2c(F)cccc2C(F)(F)F)CCc2c1[nH]c1ccccc21. The van der Waals surface area contributed by atoms with Crippen molar-refractivity contribution < 1.29 is 31.9 Å². The second-order valence-electron chi connectivity index (χ2n) is 7.32. The predicted octanol–water partition coefficient (Wildman–Crippen LogP) is 5.32. The molecule has 1 aliphatic rings. The lowest BCUT2D eigenvalue weighted by atomic mass is 10.0. The summed E-state index contributed by atoms with van der Waals surface area (Å²) in [4.78, 5) is 29.8. The van der Waals surface area contributed by atoms with E-state index in [1.54, 1.807) is 6.92 Å². The summed E-state index contributed by atoms with van der Waals surface area (Å²) in [5.41, 5.74) is -0.225. The van der Waals surface area contributed by atoms with Gasteiger partial charge >= 0.3 is 18.2 Å². The Morgan fingerprint density at radius 3 is 2.64 bits per heavy atom.